The molecule has 0 saturated heterocycles. The van der Waals surface area contributed by atoms with Gasteiger partial charge in [-0.1, -0.05) is 15.9 Å². The maximum atomic E-state index is 13.4. The molecule has 0 aliphatic carbocycles. The molecule has 0 heterocycles. The molecule has 1 aromatic carbocycles. The van der Waals surface area contributed by atoms with E-state index in [0.29, 0.717) is 12.0 Å². The summed E-state index contributed by atoms with van der Waals surface area (Å²) in [5.41, 5.74) is 0.503. The molecule has 1 rings (SSSR count). The third-order valence-corrected chi connectivity index (χ3v) is 2.75. The van der Waals surface area contributed by atoms with Crippen LogP contribution in [0.25, 0.3) is 0 Å². The van der Waals surface area contributed by atoms with Gasteiger partial charge in [-0.3, -0.25) is 9.59 Å². The number of esters is 1. The predicted molar refractivity (Wildman–Crippen MR) is 67.4 cm³/mol. The molecular formula is C12H13BrFNO3. The van der Waals surface area contributed by atoms with Gasteiger partial charge in [-0.05, 0) is 30.2 Å². The van der Waals surface area contributed by atoms with Gasteiger partial charge in [0.05, 0.1) is 7.11 Å². The molecule has 0 saturated carbocycles. The fourth-order valence-electron chi connectivity index (χ4n) is 1.34. The summed E-state index contributed by atoms with van der Waals surface area (Å²) in [6.07, 6.45) is 0.0374. The summed E-state index contributed by atoms with van der Waals surface area (Å²) >= 11 is 3.24. The minimum atomic E-state index is -0.596. The highest BCUT2D eigenvalue weighted by Crippen LogP contribution is 2.15. The normalized spacial score (nSPS) is 9.94. The van der Waals surface area contributed by atoms with Crippen LogP contribution < -0.4 is 5.32 Å². The molecule has 0 radical (unpaired) electrons. The molecular weight excluding hydrogens is 305 g/mol. The summed E-state index contributed by atoms with van der Waals surface area (Å²) in [6.45, 7) is 0.267. The van der Waals surface area contributed by atoms with Gasteiger partial charge in [-0.15, -0.1) is 0 Å². The molecule has 0 bridgehead atoms. The summed E-state index contributed by atoms with van der Waals surface area (Å²) in [5, 5.41) is 2.52. The predicted octanol–water partition coefficient (Wildman–Crippen LogP) is 1.81. The van der Waals surface area contributed by atoms with E-state index in [-0.39, 0.29) is 18.8 Å². The molecule has 1 amide bonds. The molecule has 1 N–H and O–H groups in total. The van der Waals surface area contributed by atoms with E-state index in [1.54, 1.807) is 12.1 Å². The molecule has 98 valence electrons. The minimum Gasteiger partial charge on any atom is -0.469 e. The molecule has 4 nitrogen and oxygen atoms in total. The van der Waals surface area contributed by atoms with Crippen LogP contribution in [0, 0.1) is 5.82 Å². The van der Waals surface area contributed by atoms with Crippen molar-refractivity contribution in [3.05, 3.63) is 34.1 Å². The van der Waals surface area contributed by atoms with Crippen LogP contribution in [-0.2, 0) is 20.7 Å². The van der Waals surface area contributed by atoms with Crippen molar-refractivity contribution in [3.8, 4) is 0 Å². The summed E-state index contributed by atoms with van der Waals surface area (Å²) in [5.74, 6) is -1.35. The number of hydrogen-bond donors (Lipinski definition) is 1. The Kier molecular flexibility index (Phi) is 5.77. The SMILES string of the molecule is COC(=O)CC(=O)NCCc1cc(Br)ccc1F. The average Bonchev–Trinajstić information content (AvgIpc) is 2.33. The second-order valence-electron chi connectivity index (χ2n) is 3.59. The first-order valence-corrected chi connectivity index (χ1v) is 6.09. The van der Waals surface area contributed by atoms with Crippen molar-refractivity contribution in [2.45, 2.75) is 12.8 Å². The zero-order chi connectivity index (χ0) is 13.5. The van der Waals surface area contributed by atoms with Crippen molar-refractivity contribution in [1.29, 1.82) is 0 Å². The van der Waals surface area contributed by atoms with Crippen LogP contribution in [0.4, 0.5) is 4.39 Å². The third-order valence-electron chi connectivity index (χ3n) is 2.26. The summed E-state index contributed by atoms with van der Waals surface area (Å²) in [6, 6.07) is 4.62. The number of hydrogen-bond acceptors (Lipinski definition) is 3. The Hall–Kier alpha value is -1.43. The fraction of sp³-hybridized carbons (Fsp3) is 0.333. The van der Waals surface area contributed by atoms with Gasteiger partial charge < -0.3 is 10.1 Å². The molecule has 0 spiro atoms. The van der Waals surface area contributed by atoms with Gasteiger partial charge in [0.2, 0.25) is 5.91 Å². The average molecular weight is 318 g/mol. The fourth-order valence-corrected chi connectivity index (χ4v) is 1.75. The highest BCUT2D eigenvalue weighted by molar-refractivity contribution is 9.10. The largest absolute Gasteiger partial charge is 0.469 e. The first kappa shape index (κ1) is 14.6. The molecule has 0 unspecified atom stereocenters. The number of methoxy groups -OCH3 is 1. The number of amides is 1. The highest BCUT2D eigenvalue weighted by Gasteiger charge is 2.09. The monoisotopic (exact) mass is 317 g/mol. The molecule has 0 aliphatic heterocycles. The van der Waals surface area contributed by atoms with E-state index in [9.17, 15) is 14.0 Å². The number of carbonyl (C=O) groups is 2. The van der Waals surface area contributed by atoms with E-state index in [2.05, 4.69) is 26.0 Å². The van der Waals surface area contributed by atoms with Crippen molar-refractivity contribution in [2.24, 2.45) is 0 Å². The number of carbonyl (C=O) groups excluding carboxylic acids is 2. The van der Waals surface area contributed by atoms with Gasteiger partial charge in [-0.2, -0.15) is 0 Å². The Balaban J connectivity index is 2.39. The number of halogens is 2. The molecule has 1 aromatic rings. The smallest absolute Gasteiger partial charge is 0.315 e. The van der Waals surface area contributed by atoms with Crippen LogP contribution in [-0.4, -0.2) is 25.5 Å². The maximum Gasteiger partial charge on any atom is 0.315 e. The Morgan fingerprint density at radius 2 is 2.17 bits per heavy atom. The Morgan fingerprint density at radius 1 is 1.44 bits per heavy atom. The second-order valence-corrected chi connectivity index (χ2v) is 4.50. The summed E-state index contributed by atoms with van der Waals surface area (Å²) < 4.78 is 18.5. The maximum absolute atomic E-state index is 13.4. The Bertz CT molecular complexity index is 451. The van der Waals surface area contributed by atoms with Gasteiger partial charge in [0.25, 0.3) is 0 Å². The lowest BCUT2D eigenvalue weighted by molar-refractivity contribution is -0.143. The van der Waals surface area contributed by atoms with E-state index in [0.717, 1.165) is 4.47 Å². The molecule has 0 atom stereocenters. The number of rotatable bonds is 5. The van der Waals surface area contributed by atoms with Gasteiger partial charge >= 0.3 is 5.97 Å². The van der Waals surface area contributed by atoms with E-state index in [4.69, 9.17) is 0 Å². The lowest BCUT2D eigenvalue weighted by Crippen LogP contribution is -2.28. The first-order chi connectivity index (χ1) is 8.52. The second kappa shape index (κ2) is 7.10. The molecule has 18 heavy (non-hydrogen) atoms. The number of ether oxygens (including phenoxy) is 1. The molecule has 0 fully saturated rings. The quantitative estimate of drug-likeness (QED) is 0.665. The summed E-state index contributed by atoms with van der Waals surface area (Å²) in [7, 11) is 1.21. The standard InChI is InChI=1S/C12H13BrFNO3/c1-18-12(17)7-11(16)15-5-4-8-6-9(13)2-3-10(8)14/h2-3,6H,4-5,7H2,1H3,(H,15,16). The topological polar surface area (TPSA) is 55.4 Å². The van der Waals surface area contributed by atoms with Gasteiger partial charge in [-0.25, -0.2) is 4.39 Å². The van der Waals surface area contributed by atoms with Crippen molar-refractivity contribution >= 4 is 27.8 Å². The van der Waals surface area contributed by atoms with Crippen molar-refractivity contribution < 1.29 is 18.7 Å². The molecule has 6 heteroatoms. The minimum absolute atomic E-state index is 0.267. The third kappa shape index (κ3) is 4.83. The van der Waals surface area contributed by atoms with Crippen LogP contribution in [0.3, 0.4) is 0 Å². The van der Waals surface area contributed by atoms with Crippen molar-refractivity contribution in [3.63, 3.8) is 0 Å². The Labute approximate surface area is 113 Å². The number of nitrogens with one attached hydrogen (secondary N) is 1. The molecule has 0 aliphatic rings. The van der Waals surface area contributed by atoms with Crippen molar-refractivity contribution in [2.75, 3.05) is 13.7 Å². The summed E-state index contributed by atoms with van der Waals surface area (Å²) in [4.78, 5) is 22.0. The van der Waals surface area contributed by atoms with E-state index >= 15 is 0 Å². The van der Waals surface area contributed by atoms with Gasteiger partial charge in [0.15, 0.2) is 0 Å². The lowest BCUT2D eigenvalue weighted by Gasteiger charge is -2.06. The first-order valence-electron chi connectivity index (χ1n) is 5.30. The molecule has 0 aromatic heterocycles. The van der Waals surface area contributed by atoms with Crippen molar-refractivity contribution in [1.82, 2.24) is 5.32 Å². The number of benzene rings is 1. The van der Waals surface area contributed by atoms with Gasteiger partial charge in [0.1, 0.15) is 12.2 Å². The van der Waals surface area contributed by atoms with Gasteiger partial charge in [0, 0.05) is 11.0 Å². The van der Waals surface area contributed by atoms with Crippen LogP contribution in [0.1, 0.15) is 12.0 Å². The zero-order valence-electron chi connectivity index (χ0n) is 9.83. The van der Waals surface area contributed by atoms with E-state index in [1.165, 1.54) is 13.2 Å². The highest BCUT2D eigenvalue weighted by atomic mass is 79.9. The van der Waals surface area contributed by atoms with E-state index in [1.807, 2.05) is 0 Å². The Morgan fingerprint density at radius 3 is 2.83 bits per heavy atom. The van der Waals surface area contributed by atoms with E-state index < -0.39 is 11.9 Å². The lowest BCUT2D eigenvalue weighted by atomic mass is 10.1. The van der Waals surface area contributed by atoms with Crippen LogP contribution in [0.5, 0.6) is 0 Å². The van der Waals surface area contributed by atoms with Crippen LogP contribution in [0.2, 0.25) is 0 Å². The zero-order valence-corrected chi connectivity index (χ0v) is 11.4. The van der Waals surface area contributed by atoms with Crippen LogP contribution >= 0.6 is 15.9 Å². The van der Waals surface area contributed by atoms with Crippen LogP contribution in [0.15, 0.2) is 22.7 Å².